The molecule has 84 valence electrons. The Balaban J connectivity index is 2.66. The third-order valence-corrected chi connectivity index (χ3v) is 2.71. The highest BCUT2D eigenvalue weighted by atomic mass is 16.5. The largest absolute Gasteiger partial charge is 0.494 e. The predicted molar refractivity (Wildman–Crippen MR) is 65.6 cm³/mol. The van der Waals surface area contributed by atoms with E-state index in [1.54, 1.807) is 0 Å². The second-order valence-electron chi connectivity index (χ2n) is 3.84. The van der Waals surface area contributed by atoms with Crippen LogP contribution in [0.2, 0.25) is 0 Å². The number of ether oxygens (including phenoxy) is 1. The molecule has 0 aliphatic carbocycles. The topological polar surface area (TPSA) is 9.23 Å². The maximum atomic E-state index is 5.69. The van der Waals surface area contributed by atoms with E-state index in [1.807, 2.05) is 0 Å². The van der Waals surface area contributed by atoms with Gasteiger partial charge in [0.2, 0.25) is 0 Å². The fourth-order valence-electron chi connectivity index (χ4n) is 1.70. The number of aryl methyl sites for hydroxylation is 2. The van der Waals surface area contributed by atoms with Crippen molar-refractivity contribution in [1.29, 1.82) is 0 Å². The number of benzene rings is 1. The van der Waals surface area contributed by atoms with E-state index in [4.69, 9.17) is 4.74 Å². The molecule has 0 amide bonds. The Bertz CT molecular complexity index is 291. The Morgan fingerprint density at radius 2 is 1.73 bits per heavy atom. The van der Waals surface area contributed by atoms with Gasteiger partial charge >= 0.3 is 0 Å². The molecule has 0 aliphatic heterocycles. The first-order chi connectivity index (χ1) is 7.31. The van der Waals surface area contributed by atoms with Gasteiger partial charge in [-0.1, -0.05) is 33.3 Å². The summed E-state index contributed by atoms with van der Waals surface area (Å²) in [4.78, 5) is 0. The average Bonchev–Trinajstić information content (AvgIpc) is 2.29. The lowest BCUT2D eigenvalue weighted by atomic mass is 10.0. The normalized spacial score (nSPS) is 10.3. The van der Waals surface area contributed by atoms with Crippen molar-refractivity contribution in [3.05, 3.63) is 29.3 Å². The quantitative estimate of drug-likeness (QED) is 0.639. The van der Waals surface area contributed by atoms with Gasteiger partial charge in [0.05, 0.1) is 6.61 Å². The molecule has 0 unspecified atom stereocenters. The van der Waals surface area contributed by atoms with Gasteiger partial charge in [0, 0.05) is 0 Å². The van der Waals surface area contributed by atoms with E-state index < -0.39 is 0 Å². The first kappa shape index (κ1) is 12.1. The SMILES string of the molecule is CCCCOc1ccc(CC)c(CC)c1. The van der Waals surface area contributed by atoms with E-state index in [2.05, 4.69) is 39.0 Å². The van der Waals surface area contributed by atoms with Gasteiger partial charge in [-0.2, -0.15) is 0 Å². The fourth-order valence-corrected chi connectivity index (χ4v) is 1.70. The highest BCUT2D eigenvalue weighted by Gasteiger charge is 2.01. The van der Waals surface area contributed by atoms with Crippen molar-refractivity contribution in [2.75, 3.05) is 6.61 Å². The van der Waals surface area contributed by atoms with Gasteiger partial charge in [-0.15, -0.1) is 0 Å². The molecule has 0 heterocycles. The van der Waals surface area contributed by atoms with Crippen LogP contribution < -0.4 is 4.74 Å². The number of hydrogen-bond donors (Lipinski definition) is 0. The van der Waals surface area contributed by atoms with E-state index in [0.29, 0.717) is 0 Å². The lowest BCUT2D eigenvalue weighted by molar-refractivity contribution is 0.309. The minimum Gasteiger partial charge on any atom is -0.494 e. The van der Waals surface area contributed by atoms with Crippen molar-refractivity contribution >= 4 is 0 Å². The van der Waals surface area contributed by atoms with Crippen LogP contribution in [0.3, 0.4) is 0 Å². The highest BCUT2D eigenvalue weighted by Crippen LogP contribution is 2.19. The lowest BCUT2D eigenvalue weighted by Gasteiger charge is -2.10. The minimum absolute atomic E-state index is 0.838. The molecule has 0 N–H and O–H groups in total. The van der Waals surface area contributed by atoms with E-state index in [-0.39, 0.29) is 0 Å². The summed E-state index contributed by atoms with van der Waals surface area (Å²) in [5.41, 5.74) is 2.87. The summed E-state index contributed by atoms with van der Waals surface area (Å²) in [7, 11) is 0. The minimum atomic E-state index is 0.838. The van der Waals surface area contributed by atoms with Crippen LogP contribution in [0.15, 0.2) is 18.2 Å². The molecule has 0 bridgehead atoms. The molecule has 1 aromatic carbocycles. The molecule has 0 atom stereocenters. The van der Waals surface area contributed by atoms with Crippen molar-refractivity contribution < 1.29 is 4.74 Å². The van der Waals surface area contributed by atoms with Crippen LogP contribution in [-0.2, 0) is 12.8 Å². The molecular weight excluding hydrogens is 184 g/mol. The van der Waals surface area contributed by atoms with Crippen molar-refractivity contribution in [3.63, 3.8) is 0 Å². The van der Waals surface area contributed by atoms with Gasteiger partial charge in [0.25, 0.3) is 0 Å². The Morgan fingerprint density at radius 3 is 2.33 bits per heavy atom. The van der Waals surface area contributed by atoms with Crippen LogP contribution in [0, 0.1) is 0 Å². The second kappa shape index (κ2) is 6.49. The summed E-state index contributed by atoms with van der Waals surface area (Å²) in [6.07, 6.45) is 4.53. The molecule has 0 radical (unpaired) electrons. The van der Waals surface area contributed by atoms with Gasteiger partial charge in [0.1, 0.15) is 5.75 Å². The Kier molecular flexibility index (Phi) is 5.23. The summed E-state index contributed by atoms with van der Waals surface area (Å²) in [6.45, 7) is 7.42. The summed E-state index contributed by atoms with van der Waals surface area (Å²) in [5, 5.41) is 0. The van der Waals surface area contributed by atoms with E-state index >= 15 is 0 Å². The predicted octanol–water partition coefficient (Wildman–Crippen LogP) is 3.99. The standard InChI is InChI=1S/C14H22O/c1-4-7-10-15-14-9-8-12(5-2)13(6-3)11-14/h8-9,11H,4-7,10H2,1-3H3. The van der Waals surface area contributed by atoms with Crippen LogP contribution in [0.1, 0.15) is 44.7 Å². The second-order valence-corrected chi connectivity index (χ2v) is 3.84. The zero-order valence-corrected chi connectivity index (χ0v) is 10.2. The van der Waals surface area contributed by atoms with Gasteiger partial charge in [-0.3, -0.25) is 0 Å². The first-order valence-electron chi connectivity index (χ1n) is 6.06. The Morgan fingerprint density at radius 1 is 1.00 bits per heavy atom. The molecule has 15 heavy (non-hydrogen) atoms. The maximum Gasteiger partial charge on any atom is 0.119 e. The molecular formula is C14H22O. The third-order valence-electron chi connectivity index (χ3n) is 2.71. The van der Waals surface area contributed by atoms with Crippen LogP contribution in [0.5, 0.6) is 5.75 Å². The summed E-state index contributed by atoms with van der Waals surface area (Å²) >= 11 is 0. The van der Waals surface area contributed by atoms with Crippen molar-refractivity contribution in [2.45, 2.75) is 46.5 Å². The molecule has 0 fully saturated rings. The van der Waals surface area contributed by atoms with E-state index in [0.717, 1.165) is 31.6 Å². The van der Waals surface area contributed by atoms with Crippen molar-refractivity contribution in [2.24, 2.45) is 0 Å². The van der Waals surface area contributed by atoms with Crippen LogP contribution >= 0.6 is 0 Å². The number of unbranched alkanes of at least 4 members (excludes halogenated alkanes) is 1. The summed E-state index contributed by atoms with van der Waals surface area (Å²) < 4.78 is 5.69. The zero-order valence-electron chi connectivity index (χ0n) is 10.2. The van der Waals surface area contributed by atoms with Crippen molar-refractivity contribution in [3.8, 4) is 5.75 Å². The van der Waals surface area contributed by atoms with E-state index in [1.165, 1.54) is 17.5 Å². The molecule has 0 saturated carbocycles. The monoisotopic (exact) mass is 206 g/mol. The van der Waals surface area contributed by atoms with Crippen LogP contribution in [0.25, 0.3) is 0 Å². The molecule has 1 nitrogen and oxygen atoms in total. The van der Waals surface area contributed by atoms with Crippen molar-refractivity contribution in [1.82, 2.24) is 0 Å². The third kappa shape index (κ3) is 3.58. The molecule has 0 aromatic heterocycles. The van der Waals surface area contributed by atoms with Gasteiger partial charge in [-0.05, 0) is 42.5 Å². The highest BCUT2D eigenvalue weighted by molar-refractivity contribution is 5.35. The Labute approximate surface area is 93.5 Å². The maximum absolute atomic E-state index is 5.69. The number of rotatable bonds is 6. The molecule has 0 saturated heterocycles. The molecule has 0 spiro atoms. The molecule has 1 aromatic rings. The van der Waals surface area contributed by atoms with Crippen LogP contribution in [-0.4, -0.2) is 6.61 Å². The first-order valence-corrected chi connectivity index (χ1v) is 6.06. The van der Waals surface area contributed by atoms with Gasteiger partial charge in [0.15, 0.2) is 0 Å². The van der Waals surface area contributed by atoms with E-state index in [9.17, 15) is 0 Å². The molecule has 0 aliphatic rings. The smallest absolute Gasteiger partial charge is 0.119 e. The van der Waals surface area contributed by atoms with Gasteiger partial charge < -0.3 is 4.74 Å². The molecule has 1 rings (SSSR count). The molecule has 1 heteroatoms. The summed E-state index contributed by atoms with van der Waals surface area (Å²) in [6, 6.07) is 6.47. The zero-order chi connectivity index (χ0) is 11.1. The lowest BCUT2D eigenvalue weighted by Crippen LogP contribution is -1.98. The van der Waals surface area contributed by atoms with Gasteiger partial charge in [-0.25, -0.2) is 0 Å². The fraction of sp³-hybridized carbons (Fsp3) is 0.571. The average molecular weight is 206 g/mol. The number of hydrogen-bond acceptors (Lipinski definition) is 1. The van der Waals surface area contributed by atoms with Crippen LogP contribution in [0.4, 0.5) is 0 Å². The Hall–Kier alpha value is -0.980. The summed E-state index contributed by atoms with van der Waals surface area (Å²) in [5.74, 6) is 1.03.